The van der Waals surface area contributed by atoms with Gasteiger partial charge >= 0.3 is 0 Å². The zero-order chi connectivity index (χ0) is 13.0. The van der Waals surface area contributed by atoms with Crippen molar-refractivity contribution in [3.8, 4) is 0 Å². The van der Waals surface area contributed by atoms with Crippen LogP contribution in [0.5, 0.6) is 0 Å². The Kier molecular flexibility index (Phi) is 5.18. The van der Waals surface area contributed by atoms with Gasteiger partial charge in [-0.3, -0.25) is 0 Å². The van der Waals surface area contributed by atoms with Crippen LogP contribution in [-0.2, 0) is 9.47 Å². The van der Waals surface area contributed by atoms with Crippen molar-refractivity contribution in [1.29, 1.82) is 0 Å². The van der Waals surface area contributed by atoms with Crippen molar-refractivity contribution >= 4 is 0 Å². The summed E-state index contributed by atoms with van der Waals surface area (Å²) in [5.41, 5.74) is 0. The van der Waals surface area contributed by atoms with Gasteiger partial charge in [0.1, 0.15) is 24.4 Å². The Morgan fingerprint density at radius 2 is 1.94 bits per heavy atom. The molecule has 1 rings (SSSR count). The first-order valence-electron chi connectivity index (χ1n) is 4.97. The minimum Gasteiger partial charge on any atom is -0.600 e. The van der Waals surface area contributed by atoms with Crippen LogP contribution >= 0.6 is 0 Å². The number of hydroxylamine groups is 1. The molecule has 0 spiro atoms. The van der Waals surface area contributed by atoms with Gasteiger partial charge in [0.25, 0.3) is 0 Å². The molecule has 0 aliphatic carbocycles. The first kappa shape index (κ1) is 14.2. The van der Waals surface area contributed by atoms with Gasteiger partial charge in [0.05, 0.1) is 6.61 Å². The first-order chi connectivity index (χ1) is 7.97. The molecule has 1 aliphatic heterocycles. The topological polar surface area (TPSA) is 138 Å². The molecular formula is C8H16N2O7. The van der Waals surface area contributed by atoms with E-state index >= 15 is 0 Å². The van der Waals surface area contributed by atoms with E-state index in [0.717, 1.165) is 7.05 Å². The third-order valence-corrected chi connectivity index (χ3v) is 2.34. The van der Waals surface area contributed by atoms with Gasteiger partial charge in [0.15, 0.2) is 13.3 Å². The fourth-order valence-corrected chi connectivity index (χ4v) is 1.39. The molecule has 0 radical (unpaired) electrons. The highest BCUT2D eigenvalue weighted by molar-refractivity contribution is 4.88. The van der Waals surface area contributed by atoms with Crippen molar-refractivity contribution in [2.24, 2.45) is 5.11 Å². The molecule has 1 fully saturated rings. The lowest BCUT2D eigenvalue weighted by atomic mass is 9.99. The standard InChI is InChI=1S/C8H16N2O7/c1-10(15)9-3-16-8-7(14)6(13)5(12)4(2-11)17-8/h4-8,11-14H,2-3H2,1H3/b10-9+. The Labute approximate surface area is 97.1 Å². The summed E-state index contributed by atoms with van der Waals surface area (Å²) < 4.78 is 9.89. The quantitative estimate of drug-likeness (QED) is 0.243. The van der Waals surface area contributed by atoms with Crippen molar-refractivity contribution in [2.75, 3.05) is 20.4 Å². The molecule has 100 valence electrons. The second-order valence-electron chi connectivity index (χ2n) is 3.60. The van der Waals surface area contributed by atoms with Gasteiger partial charge in [-0.2, -0.15) is 0 Å². The van der Waals surface area contributed by atoms with Crippen LogP contribution in [0, 0.1) is 5.21 Å². The highest BCUT2D eigenvalue weighted by Gasteiger charge is 2.44. The lowest BCUT2D eigenvalue weighted by molar-refractivity contribution is -0.505. The molecule has 1 aliphatic rings. The predicted molar refractivity (Wildman–Crippen MR) is 51.7 cm³/mol. The van der Waals surface area contributed by atoms with Gasteiger partial charge in [0.2, 0.25) is 6.73 Å². The average molecular weight is 252 g/mol. The van der Waals surface area contributed by atoms with E-state index < -0.39 is 37.3 Å². The minimum atomic E-state index is -1.50. The third kappa shape index (κ3) is 3.56. The fourth-order valence-electron chi connectivity index (χ4n) is 1.39. The van der Waals surface area contributed by atoms with Gasteiger partial charge in [-0.1, -0.05) is 4.86 Å². The summed E-state index contributed by atoms with van der Waals surface area (Å²) in [5, 5.41) is 51.0. The van der Waals surface area contributed by atoms with Crippen molar-refractivity contribution in [1.82, 2.24) is 0 Å². The summed E-state index contributed by atoms with van der Waals surface area (Å²) in [6.45, 7) is -0.911. The molecule has 9 nitrogen and oxygen atoms in total. The van der Waals surface area contributed by atoms with Crippen LogP contribution in [0.1, 0.15) is 0 Å². The molecule has 5 atom stereocenters. The number of azo groups is 1. The van der Waals surface area contributed by atoms with Gasteiger partial charge in [-0.15, -0.1) is 0 Å². The monoisotopic (exact) mass is 252 g/mol. The van der Waals surface area contributed by atoms with E-state index in [1.165, 1.54) is 0 Å². The summed E-state index contributed by atoms with van der Waals surface area (Å²) in [6.07, 6.45) is -6.73. The second-order valence-corrected chi connectivity index (χ2v) is 3.60. The minimum absolute atomic E-state index is 0.268. The maximum absolute atomic E-state index is 10.4. The normalized spacial score (nSPS) is 39.4. The van der Waals surface area contributed by atoms with Crippen molar-refractivity contribution in [3.63, 3.8) is 0 Å². The number of hydrogen-bond acceptors (Lipinski definition) is 8. The van der Waals surface area contributed by atoms with E-state index in [2.05, 4.69) is 5.11 Å². The van der Waals surface area contributed by atoms with Gasteiger partial charge < -0.3 is 35.1 Å². The predicted octanol–water partition coefficient (Wildman–Crippen LogP) is -2.65. The van der Waals surface area contributed by atoms with E-state index in [0.29, 0.717) is 0 Å². The van der Waals surface area contributed by atoms with Gasteiger partial charge in [-0.05, 0) is 5.11 Å². The molecule has 1 heterocycles. The SMILES string of the molecule is C/[N+]([O-])=N\COC1OC(CO)C(O)C(O)C1O. The number of rotatable bonds is 4. The lowest BCUT2D eigenvalue weighted by Gasteiger charge is -2.39. The fraction of sp³-hybridized carbons (Fsp3) is 1.00. The largest absolute Gasteiger partial charge is 0.600 e. The van der Waals surface area contributed by atoms with E-state index in [4.69, 9.17) is 14.6 Å². The van der Waals surface area contributed by atoms with Crippen molar-refractivity contribution in [3.05, 3.63) is 5.21 Å². The summed E-state index contributed by atoms with van der Waals surface area (Å²) in [7, 11) is 1.15. The highest BCUT2D eigenvalue weighted by Crippen LogP contribution is 2.21. The smallest absolute Gasteiger partial charge is 0.203 e. The molecule has 0 aromatic carbocycles. The molecule has 0 aromatic heterocycles. The van der Waals surface area contributed by atoms with Crippen LogP contribution in [0.4, 0.5) is 0 Å². The summed E-state index contributed by atoms with van der Waals surface area (Å²) in [6, 6.07) is 0. The second kappa shape index (κ2) is 6.19. The molecule has 0 bridgehead atoms. The first-order valence-corrected chi connectivity index (χ1v) is 4.97. The molecule has 0 amide bonds. The Morgan fingerprint density at radius 3 is 2.47 bits per heavy atom. The maximum Gasteiger partial charge on any atom is 0.203 e. The molecule has 9 heteroatoms. The molecule has 4 N–H and O–H groups in total. The van der Waals surface area contributed by atoms with Crippen LogP contribution in [0.3, 0.4) is 0 Å². The Balaban J connectivity index is 2.56. The molecular weight excluding hydrogens is 236 g/mol. The zero-order valence-corrected chi connectivity index (χ0v) is 9.21. The van der Waals surface area contributed by atoms with Crippen LogP contribution in [0.2, 0.25) is 0 Å². The maximum atomic E-state index is 10.4. The Morgan fingerprint density at radius 1 is 1.29 bits per heavy atom. The Bertz CT molecular complexity index is 269. The van der Waals surface area contributed by atoms with Crippen molar-refractivity contribution < 1.29 is 34.8 Å². The van der Waals surface area contributed by atoms with E-state index in [1.807, 2.05) is 0 Å². The molecule has 0 aromatic rings. The molecule has 17 heavy (non-hydrogen) atoms. The number of aliphatic hydroxyl groups excluding tert-OH is 4. The van der Waals surface area contributed by atoms with Crippen LogP contribution < -0.4 is 0 Å². The molecule has 1 saturated heterocycles. The van der Waals surface area contributed by atoms with Gasteiger partial charge in [0, 0.05) is 0 Å². The van der Waals surface area contributed by atoms with E-state index in [9.17, 15) is 20.5 Å². The van der Waals surface area contributed by atoms with Gasteiger partial charge in [-0.25, -0.2) is 0 Å². The highest BCUT2D eigenvalue weighted by atomic mass is 16.7. The van der Waals surface area contributed by atoms with E-state index in [1.54, 1.807) is 0 Å². The van der Waals surface area contributed by atoms with Crippen molar-refractivity contribution in [2.45, 2.75) is 30.7 Å². The molecule has 0 saturated carbocycles. The molecule has 5 unspecified atom stereocenters. The number of hydrogen-bond donors (Lipinski definition) is 4. The van der Waals surface area contributed by atoms with Crippen LogP contribution in [0.25, 0.3) is 0 Å². The number of nitrogens with zero attached hydrogens (tertiary/aromatic N) is 2. The third-order valence-electron chi connectivity index (χ3n) is 2.34. The van der Waals surface area contributed by atoms with Crippen LogP contribution in [-0.4, -0.2) is 76.4 Å². The average Bonchev–Trinajstić information content (AvgIpc) is 2.29. The summed E-state index contributed by atoms with van der Waals surface area (Å²) in [4.78, 5) is 0.268. The number of aliphatic hydroxyl groups is 4. The zero-order valence-electron chi connectivity index (χ0n) is 9.21. The van der Waals surface area contributed by atoms with E-state index in [-0.39, 0.29) is 11.6 Å². The summed E-state index contributed by atoms with van der Waals surface area (Å²) in [5.74, 6) is 0. The summed E-state index contributed by atoms with van der Waals surface area (Å²) >= 11 is 0. The Hall–Kier alpha value is -0.840. The lowest BCUT2D eigenvalue weighted by Crippen LogP contribution is -2.59. The van der Waals surface area contributed by atoms with Crippen LogP contribution in [0.15, 0.2) is 5.11 Å². The number of ether oxygens (including phenoxy) is 2.